The number of pyridine rings is 1. The maximum atomic E-state index is 5.28. The molecule has 6 rings (SSSR count). The lowest BCUT2D eigenvalue weighted by Gasteiger charge is -2.13. The van der Waals surface area contributed by atoms with Crippen LogP contribution in [-0.4, -0.2) is 41.4 Å². The van der Waals surface area contributed by atoms with Gasteiger partial charge in [0.25, 0.3) is 5.95 Å². The molecule has 0 saturated heterocycles. The van der Waals surface area contributed by atoms with Gasteiger partial charge in [0.05, 0.1) is 13.7 Å². The number of ether oxygens (including phenoxy) is 1. The molecule has 3 aromatic heterocycles. The second-order valence-corrected chi connectivity index (χ2v) is 7.82. The molecule has 0 fully saturated rings. The Labute approximate surface area is 184 Å². The van der Waals surface area contributed by atoms with E-state index < -0.39 is 0 Å². The molecule has 4 heterocycles. The van der Waals surface area contributed by atoms with Crippen molar-refractivity contribution in [3.8, 4) is 23.1 Å². The first-order valence-corrected chi connectivity index (χ1v) is 10.5. The Balaban J connectivity index is 1.39. The van der Waals surface area contributed by atoms with E-state index in [4.69, 9.17) is 14.8 Å². The van der Waals surface area contributed by atoms with Gasteiger partial charge in [-0.1, -0.05) is 30.3 Å². The van der Waals surface area contributed by atoms with Crippen molar-refractivity contribution in [2.24, 2.45) is 0 Å². The molecule has 0 unspecified atom stereocenters. The Morgan fingerprint density at radius 3 is 2.31 bits per heavy atom. The molecule has 1 aliphatic rings. The van der Waals surface area contributed by atoms with Gasteiger partial charge in [0.1, 0.15) is 5.75 Å². The van der Waals surface area contributed by atoms with Crippen LogP contribution in [-0.2, 0) is 19.6 Å². The number of fused-ring (bicyclic) bond motifs is 2. The van der Waals surface area contributed by atoms with E-state index in [1.165, 1.54) is 11.1 Å². The van der Waals surface area contributed by atoms with Gasteiger partial charge in [0, 0.05) is 24.8 Å². The molecule has 158 valence electrons. The van der Waals surface area contributed by atoms with Crippen LogP contribution in [0.3, 0.4) is 0 Å². The highest BCUT2D eigenvalue weighted by molar-refractivity contribution is 5.56. The average Bonchev–Trinajstić information content (AvgIpc) is 3.55. The first kappa shape index (κ1) is 18.7. The maximum absolute atomic E-state index is 5.28. The van der Waals surface area contributed by atoms with Gasteiger partial charge in [0.15, 0.2) is 17.3 Å². The van der Waals surface area contributed by atoms with E-state index in [9.17, 15) is 0 Å². The molecule has 0 atom stereocenters. The predicted octanol–water partition coefficient (Wildman–Crippen LogP) is 3.50. The van der Waals surface area contributed by atoms with Gasteiger partial charge in [-0.3, -0.25) is 4.90 Å². The molecule has 0 amide bonds. The quantitative estimate of drug-likeness (QED) is 0.431. The van der Waals surface area contributed by atoms with Crippen molar-refractivity contribution in [3.63, 3.8) is 0 Å². The van der Waals surface area contributed by atoms with E-state index in [-0.39, 0.29) is 0 Å². The summed E-state index contributed by atoms with van der Waals surface area (Å²) >= 11 is 0. The van der Waals surface area contributed by atoms with E-state index in [1.54, 1.807) is 16.3 Å². The topological polar surface area (TPSA) is 73.4 Å². The number of aromatic nitrogens is 6. The fourth-order valence-corrected chi connectivity index (χ4v) is 4.09. The van der Waals surface area contributed by atoms with E-state index in [1.807, 2.05) is 48.7 Å². The molecule has 0 bridgehead atoms. The molecular weight excluding hydrogens is 402 g/mol. The lowest BCUT2D eigenvalue weighted by Crippen LogP contribution is -2.19. The van der Waals surface area contributed by atoms with Crippen LogP contribution in [0.25, 0.3) is 23.0 Å². The molecule has 8 nitrogen and oxygen atoms in total. The summed E-state index contributed by atoms with van der Waals surface area (Å²) in [4.78, 5) is 11.9. The largest absolute Gasteiger partial charge is 0.497 e. The van der Waals surface area contributed by atoms with Crippen LogP contribution in [0.2, 0.25) is 0 Å². The molecular formula is C24H21N7O. The minimum Gasteiger partial charge on any atom is -0.497 e. The predicted molar refractivity (Wildman–Crippen MR) is 119 cm³/mol. The zero-order valence-electron chi connectivity index (χ0n) is 17.6. The van der Waals surface area contributed by atoms with Gasteiger partial charge in [-0.05, 0) is 47.5 Å². The zero-order valence-corrected chi connectivity index (χ0v) is 17.6. The summed E-state index contributed by atoms with van der Waals surface area (Å²) in [6.45, 7) is 2.42. The summed E-state index contributed by atoms with van der Waals surface area (Å²) in [5.74, 6) is 2.75. The lowest BCUT2D eigenvalue weighted by atomic mass is 10.1. The van der Waals surface area contributed by atoms with Crippen LogP contribution in [0.1, 0.15) is 17.0 Å². The Morgan fingerprint density at radius 2 is 1.59 bits per heavy atom. The van der Waals surface area contributed by atoms with Gasteiger partial charge in [-0.25, -0.2) is 9.50 Å². The third-order valence-electron chi connectivity index (χ3n) is 5.71. The van der Waals surface area contributed by atoms with Gasteiger partial charge in [-0.2, -0.15) is 9.67 Å². The summed E-state index contributed by atoms with van der Waals surface area (Å²) < 4.78 is 8.79. The van der Waals surface area contributed by atoms with Crippen LogP contribution in [0.5, 0.6) is 5.75 Å². The number of benzene rings is 2. The van der Waals surface area contributed by atoms with Gasteiger partial charge < -0.3 is 4.74 Å². The fraction of sp³-hybridized carbons (Fsp3) is 0.167. The van der Waals surface area contributed by atoms with Crippen LogP contribution < -0.4 is 4.74 Å². The number of hydrogen-bond acceptors (Lipinski definition) is 6. The SMILES string of the molecule is COc1ccc(-c2nc(CN3Cc4ccccc4C3)n(-c3nc4ccccn4n3)n2)cc1. The lowest BCUT2D eigenvalue weighted by molar-refractivity contribution is 0.265. The highest BCUT2D eigenvalue weighted by Gasteiger charge is 2.23. The molecule has 5 aromatic rings. The number of nitrogens with zero attached hydrogens (tertiary/aromatic N) is 7. The first-order valence-electron chi connectivity index (χ1n) is 10.5. The third kappa shape index (κ3) is 3.30. The van der Waals surface area contributed by atoms with Gasteiger partial charge in [0.2, 0.25) is 0 Å². The summed E-state index contributed by atoms with van der Waals surface area (Å²) in [7, 11) is 1.66. The van der Waals surface area contributed by atoms with Crippen LogP contribution in [0, 0.1) is 0 Å². The molecule has 0 N–H and O–H groups in total. The Bertz CT molecular complexity index is 1350. The molecule has 8 heteroatoms. The van der Waals surface area contributed by atoms with Crippen LogP contribution in [0.4, 0.5) is 0 Å². The molecule has 0 aliphatic carbocycles. The highest BCUT2D eigenvalue weighted by atomic mass is 16.5. The van der Waals surface area contributed by atoms with Crippen LogP contribution >= 0.6 is 0 Å². The average molecular weight is 423 g/mol. The Kier molecular flexibility index (Phi) is 4.43. The first-order chi connectivity index (χ1) is 15.8. The van der Waals surface area contributed by atoms with E-state index in [0.29, 0.717) is 18.3 Å². The molecule has 0 radical (unpaired) electrons. The second-order valence-electron chi connectivity index (χ2n) is 7.82. The van der Waals surface area contributed by atoms with Crippen molar-refractivity contribution in [1.82, 2.24) is 34.3 Å². The summed E-state index contributed by atoms with van der Waals surface area (Å²) in [5, 5.41) is 9.41. The van der Waals surface area contributed by atoms with Crippen molar-refractivity contribution in [3.05, 3.63) is 89.9 Å². The minimum absolute atomic E-state index is 0.509. The Hall–Kier alpha value is -4.04. The van der Waals surface area contributed by atoms with Crippen molar-refractivity contribution < 1.29 is 4.74 Å². The van der Waals surface area contributed by atoms with E-state index in [0.717, 1.165) is 35.9 Å². The van der Waals surface area contributed by atoms with Gasteiger partial charge in [-0.15, -0.1) is 10.2 Å². The smallest absolute Gasteiger partial charge is 0.272 e. The standard InChI is InChI=1S/C24H21N7O/c1-32-20-11-9-17(10-12-20)23-25-22(16-29-14-18-6-2-3-7-19(18)15-29)31(27-23)24-26-21-8-4-5-13-30(21)28-24/h2-13H,14-16H2,1H3. The van der Waals surface area contributed by atoms with Crippen molar-refractivity contribution in [2.45, 2.75) is 19.6 Å². The fourth-order valence-electron chi connectivity index (χ4n) is 4.09. The molecule has 2 aromatic carbocycles. The van der Waals surface area contributed by atoms with E-state index >= 15 is 0 Å². The summed E-state index contributed by atoms with van der Waals surface area (Å²) in [6, 6.07) is 22.1. The van der Waals surface area contributed by atoms with Gasteiger partial charge >= 0.3 is 0 Å². The minimum atomic E-state index is 0.509. The number of rotatable bonds is 5. The van der Waals surface area contributed by atoms with E-state index in [2.05, 4.69) is 39.2 Å². The summed E-state index contributed by atoms with van der Waals surface area (Å²) in [5.41, 5.74) is 4.40. The Morgan fingerprint density at radius 1 is 0.844 bits per heavy atom. The zero-order chi connectivity index (χ0) is 21.5. The van der Waals surface area contributed by atoms with Crippen LogP contribution in [0.15, 0.2) is 72.9 Å². The third-order valence-corrected chi connectivity index (χ3v) is 5.71. The van der Waals surface area contributed by atoms with Crippen molar-refractivity contribution in [1.29, 1.82) is 0 Å². The normalized spacial score (nSPS) is 13.5. The molecule has 0 saturated carbocycles. The number of methoxy groups -OCH3 is 1. The maximum Gasteiger partial charge on any atom is 0.272 e. The highest BCUT2D eigenvalue weighted by Crippen LogP contribution is 2.26. The second kappa shape index (κ2) is 7.58. The molecule has 0 spiro atoms. The molecule has 1 aliphatic heterocycles. The number of hydrogen-bond donors (Lipinski definition) is 0. The van der Waals surface area contributed by atoms with Crippen molar-refractivity contribution in [2.75, 3.05) is 7.11 Å². The summed E-state index contributed by atoms with van der Waals surface area (Å²) in [6.07, 6.45) is 1.88. The molecule has 32 heavy (non-hydrogen) atoms. The monoisotopic (exact) mass is 423 g/mol. The van der Waals surface area contributed by atoms with Crippen molar-refractivity contribution >= 4 is 5.65 Å².